The van der Waals surface area contributed by atoms with E-state index < -0.39 is 12.1 Å². The van der Waals surface area contributed by atoms with Crippen LogP contribution in [-0.2, 0) is 25.5 Å². The highest BCUT2D eigenvalue weighted by Gasteiger charge is 2.48. The number of piperidine rings is 1. The molecule has 0 aromatic heterocycles. The molecule has 4 fully saturated rings. The molecule has 5 rings (SSSR count). The molecule has 1 aromatic rings. The van der Waals surface area contributed by atoms with Crippen molar-refractivity contribution >= 4 is 17.7 Å². The van der Waals surface area contributed by atoms with Crippen LogP contribution in [0, 0.1) is 17.2 Å². The Bertz CT molecular complexity index is 1130. The van der Waals surface area contributed by atoms with Gasteiger partial charge in [-0.15, -0.1) is 0 Å². The SMILES string of the molecule is CN1CCN[C@H](C(=O)N[C@H](Cc2ccc(F)cc2)C(=O)N2CCC(CN3C(=O)COCC3(C)C)(C3CCCCC3)CC2)C1. The number of halogens is 1. The summed E-state index contributed by atoms with van der Waals surface area (Å²) < 4.78 is 19.2. The monoisotopic (exact) mass is 599 g/mol. The van der Waals surface area contributed by atoms with Crippen LogP contribution in [0.5, 0.6) is 0 Å². The van der Waals surface area contributed by atoms with Gasteiger partial charge < -0.3 is 30.1 Å². The van der Waals surface area contributed by atoms with Crippen LogP contribution in [0.2, 0.25) is 0 Å². The Morgan fingerprint density at radius 2 is 1.79 bits per heavy atom. The summed E-state index contributed by atoms with van der Waals surface area (Å²) in [6.07, 6.45) is 7.98. The maximum absolute atomic E-state index is 14.1. The largest absolute Gasteiger partial charge is 0.369 e. The van der Waals surface area contributed by atoms with E-state index in [-0.39, 0.29) is 41.1 Å². The Labute approximate surface area is 255 Å². The Balaban J connectivity index is 1.32. The molecule has 3 amide bonds. The van der Waals surface area contributed by atoms with Gasteiger partial charge in [0.25, 0.3) is 0 Å². The number of morpholine rings is 1. The minimum Gasteiger partial charge on any atom is -0.369 e. The van der Waals surface area contributed by atoms with Gasteiger partial charge in [-0.25, -0.2) is 4.39 Å². The number of nitrogens with zero attached hydrogens (tertiary/aromatic N) is 3. The number of likely N-dealkylation sites (N-methyl/N-ethyl adjacent to an activating group) is 1. The van der Waals surface area contributed by atoms with Gasteiger partial charge in [-0.3, -0.25) is 14.4 Å². The van der Waals surface area contributed by atoms with Crippen molar-refractivity contribution < 1.29 is 23.5 Å². The molecule has 3 saturated heterocycles. The number of piperazine rings is 1. The van der Waals surface area contributed by atoms with Crippen LogP contribution in [0.15, 0.2) is 24.3 Å². The lowest BCUT2D eigenvalue weighted by molar-refractivity contribution is -0.162. The summed E-state index contributed by atoms with van der Waals surface area (Å²) in [5, 5.41) is 6.33. The number of rotatable bonds is 8. The third kappa shape index (κ3) is 7.57. The summed E-state index contributed by atoms with van der Waals surface area (Å²) in [5.74, 6) is -0.0411. The van der Waals surface area contributed by atoms with Crippen molar-refractivity contribution in [3.63, 3.8) is 0 Å². The van der Waals surface area contributed by atoms with E-state index in [1.54, 1.807) is 12.1 Å². The van der Waals surface area contributed by atoms with E-state index in [1.807, 2.05) is 16.8 Å². The summed E-state index contributed by atoms with van der Waals surface area (Å²) >= 11 is 0. The van der Waals surface area contributed by atoms with Crippen molar-refractivity contribution in [1.29, 1.82) is 0 Å². The molecule has 3 aliphatic heterocycles. The van der Waals surface area contributed by atoms with Crippen molar-refractivity contribution in [2.75, 3.05) is 59.5 Å². The number of nitrogens with one attached hydrogen (secondary N) is 2. The number of ether oxygens (including phenoxy) is 1. The van der Waals surface area contributed by atoms with Crippen LogP contribution in [0.25, 0.3) is 0 Å². The molecular weight excluding hydrogens is 549 g/mol. The number of hydrogen-bond acceptors (Lipinski definition) is 6. The molecule has 0 bridgehead atoms. The Morgan fingerprint density at radius 1 is 1.09 bits per heavy atom. The lowest BCUT2D eigenvalue weighted by atomic mass is 9.63. The molecule has 43 heavy (non-hydrogen) atoms. The summed E-state index contributed by atoms with van der Waals surface area (Å²) in [7, 11) is 1.99. The fraction of sp³-hybridized carbons (Fsp3) is 0.727. The summed E-state index contributed by atoms with van der Waals surface area (Å²) in [5.41, 5.74) is 0.388. The molecular formula is C33H50FN5O4. The third-order valence-electron chi connectivity index (χ3n) is 10.4. The van der Waals surface area contributed by atoms with Crippen LogP contribution >= 0.6 is 0 Å². The predicted molar refractivity (Wildman–Crippen MR) is 163 cm³/mol. The van der Waals surface area contributed by atoms with Gasteiger partial charge in [-0.05, 0) is 75.6 Å². The first-order chi connectivity index (χ1) is 20.6. The zero-order valence-corrected chi connectivity index (χ0v) is 26.2. The van der Waals surface area contributed by atoms with Crippen LogP contribution in [0.4, 0.5) is 4.39 Å². The highest BCUT2D eigenvalue weighted by molar-refractivity contribution is 5.90. The minimum absolute atomic E-state index is 0.0478. The van der Waals surface area contributed by atoms with Gasteiger partial charge in [-0.1, -0.05) is 31.4 Å². The van der Waals surface area contributed by atoms with Crippen molar-refractivity contribution in [3.8, 4) is 0 Å². The standard InChI is InChI=1S/C33H50FN5O4/c1-32(2)23-43-21-29(40)39(32)22-33(25-7-5-4-6-8-25)13-16-38(17-14-33)31(42)27(19-24-9-11-26(34)12-10-24)36-30(41)28-20-37(3)18-15-35-28/h9-12,25,27-28,35H,4-8,13-23H2,1-3H3,(H,36,41)/t27-,28+/m1/s1. The number of amides is 3. The summed E-state index contributed by atoms with van der Waals surface area (Å²) in [6, 6.07) is 5.01. The van der Waals surface area contributed by atoms with Gasteiger partial charge >= 0.3 is 0 Å². The zero-order chi connectivity index (χ0) is 30.6. The van der Waals surface area contributed by atoms with Gasteiger partial charge in [0.05, 0.1) is 18.2 Å². The Morgan fingerprint density at radius 3 is 2.44 bits per heavy atom. The second-order valence-electron chi connectivity index (χ2n) is 14.0. The first kappa shape index (κ1) is 31.9. The van der Waals surface area contributed by atoms with Crippen LogP contribution in [0.1, 0.15) is 64.4 Å². The number of hydrogen-bond donors (Lipinski definition) is 2. The number of likely N-dealkylation sites (tertiary alicyclic amines) is 1. The number of benzene rings is 1. The quantitative estimate of drug-likeness (QED) is 0.477. The topological polar surface area (TPSA) is 94.2 Å². The van der Waals surface area contributed by atoms with Gasteiger partial charge in [-0.2, -0.15) is 0 Å². The van der Waals surface area contributed by atoms with E-state index in [2.05, 4.69) is 29.4 Å². The number of carbonyl (C=O) groups excluding carboxylic acids is 3. The molecule has 0 radical (unpaired) electrons. The maximum atomic E-state index is 14.1. The molecule has 238 valence electrons. The average Bonchev–Trinajstić information content (AvgIpc) is 3.00. The van der Waals surface area contributed by atoms with Crippen molar-refractivity contribution in [2.45, 2.75) is 82.8 Å². The van der Waals surface area contributed by atoms with Gasteiger partial charge in [0.1, 0.15) is 18.5 Å². The molecule has 9 nitrogen and oxygen atoms in total. The van der Waals surface area contributed by atoms with Crippen molar-refractivity contribution in [2.24, 2.45) is 11.3 Å². The molecule has 2 N–H and O–H groups in total. The molecule has 4 aliphatic rings. The van der Waals surface area contributed by atoms with E-state index in [0.717, 1.165) is 24.9 Å². The Kier molecular flexibility index (Phi) is 10.1. The molecule has 1 aromatic carbocycles. The first-order valence-corrected chi connectivity index (χ1v) is 16.2. The third-order valence-corrected chi connectivity index (χ3v) is 10.4. The van der Waals surface area contributed by atoms with E-state index in [0.29, 0.717) is 51.7 Å². The normalized spacial score (nSPS) is 25.8. The fourth-order valence-corrected chi connectivity index (χ4v) is 7.70. The smallest absolute Gasteiger partial charge is 0.249 e. The van der Waals surface area contributed by atoms with Crippen molar-refractivity contribution in [3.05, 3.63) is 35.6 Å². The van der Waals surface area contributed by atoms with Crippen molar-refractivity contribution in [1.82, 2.24) is 25.3 Å². The molecule has 10 heteroatoms. The van der Waals surface area contributed by atoms with E-state index in [4.69, 9.17) is 4.74 Å². The lowest BCUT2D eigenvalue weighted by Crippen LogP contribution is -2.62. The lowest BCUT2D eigenvalue weighted by Gasteiger charge is -2.53. The highest BCUT2D eigenvalue weighted by atomic mass is 19.1. The molecule has 0 spiro atoms. The molecule has 1 saturated carbocycles. The van der Waals surface area contributed by atoms with E-state index in [1.165, 1.54) is 44.2 Å². The van der Waals surface area contributed by atoms with Gasteiger partial charge in [0.2, 0.25) is 17.7 Å². The second-order valence-corrected chi connectivity index (χ2v) is 14.0. The zero-order valence-electron chi connectivity index (χ0n) is 26.2. The van der Waals surface area contributed by atoms with E-state index >= 15 is 0 Å². The predicted octanol–water partition coefficient (Wildman–Crippen LogP) is 2.58. The van der Waals surface area contributed by atoms with Crippen LogP contribution < -0.4 is 10.6 Å². The number of carbonyl (C=O) groups is 3. The highest BCUT2D eigenvalue weighted by Crippen LogP contribution is 2.47. The Hall–Kier alpha value is -2.56. The molecule has 1 aliphatic carbocycles. The fourth-order valence-electron chi connectivity index (χ4n) is 7.70. The molecule has 2 atom stereocenters. The maximum Gasteiger partial charge on any atom is 0.249 e. The van der Waals surface area contributed by atoms with Crippen LogP contribution in [0.3, 0.4) is 0 Å². The van der Waals surface area contributed by atoms with Gasteiger partial charge in [0.15, 0.2) is 0 Å². The second kappa shape index (κ2) is 13.6. The molecule has 0 unspecified atom stereocenters. The average molecular weight is 600 g/mol. The van der Waals surface area contributed by atoms with Gasteiger partial charge in [0, 0.05) is 45.7 Å². The van der Waals surface area contributed by atoms with E-state index in [9.17, 15) is 18.8 Å². The minimum atomic E-state index is -0.742. The summed E-state index contributed by atoms with van der Waals surface area (Å²) in [4.78, 5) is 46.6. The molecule has 3 heterocycles. The summed E-state index contributed by atoms with van der Waals surface area (Å²) in [6.45, 7) is 8.86. The van der Waals surface area contributed by atoms with Crippen LogP contribution in [-0.4, -0.2) is 110 Å². The first-order valence-electron chi connectivity index (χ1n) is 16.2.